The molecule has 2 N–H and O–H groups in total. The second kappa shape index (κ2) is 4.99. The molecule has 1 aromatic rings. The van der Waals surface area contributed by atoms with E-state index in [2.05, 4.69) is 10.2 Å². The molecule has 0 bridgehead atoms. The summed E-state index contributed by atoms with van der Waals surface area (Å²) in [7, 11) is -2.78. The standard InChI is InChI=1S/C10H15F3N4O2S/c1-17-8(15-16-9(17)20(14,18)19)6-4-2-3-5-7(6)10(11,12)13/h6-7H,2-5H2,1H3,(H2,14,18,19). The molecule has 1 saturated carbocycles. The van der Waals surface area contributed by atoms with E-state index in [0.29, 0.717) is 19.3 Å². The van der Waals surface area contributed by atoms with Crippen LogP contribution in [0.5, 0.6) is 0 Å². The molecule has 6 nitrogen and oxygen atoms in total. The molecule has 10 heteroatoms. The molecule has 0 aromatic carbocycles. The number of primary sulfonamides is 1. The molecule has 0 aliphatic heterocycles. The number of nitrogens with zero attached hydrogens (tertiary/aromatic N) is 3. The van der Waals surface area contributed by atoms with Crippen molar-refractivity contribution in [1.29, 1.82) is 0 Å². The maximum Gasteiger partial charge on any atom is 0.392 e. The molecule has 1 aliphatic rings. The average molecular weight is 312 g/mol. The van der Waals surface area contributed by atoms with Crippen molar-refractivity contribution in [2.45, 2.75) is 42.9 Å². The van der Waals surface area contributed by atoms with Gasteiger partial charge in [0.05, 0.1) is 5.92 Å². The van der Waals surface area contributed by atoms with Crippen molar-refractivity contribution in [3.8, 4) is 0 Å². The van der Waals surface area contributed by atoms with E-state index in [9.17, 15) is 21.6 Å². The van der Waals surface area contributed by atoms with Gasteiger partial charge in [0.25, 0.3) is 15.2 Å². The Morgan fingerprint density at radius 1 is 1.25 bits per heavy atom. The number of halogens is 3. The first-order chi connectivity index (χ1) is 9.12. The van der Waals surface area contributed by atoms with Crippen LogP contribution in [0.2, 0.25) is 0 Å². The molecular formula is C10H15F3N4O2S. The van der Waals surface area contributed by atoms with E-state index >= 15 is 0 Å². The van der Waals surface area contributed by atoms with Crippen molar-refractivity contribution in [2.24, 2.45) is 18.1 Å². The lowest BCUT2D eigenvalue weighted by molar-refractivity contribution is -0.188. The summed E-state index contributed by atoms with van der Waals surface area (Å²) in [5, 5.41) is 11.5. The zero-order valence-electron chi connectivity index (χ0n) is 10.8. The number of hydrogen-bond acceptors (Lipinski definition) is 4. The van der Waals surface area contributed by atoms with Gasteiger partial charge in [-0.15, -0.1) is 10.2 Å². The Morgan fingerprint density at radius 2 is 1.85 bits per heavy atom. The third kappa shape index (κ3) is 2.80. The van der Waals surface area contributed by atoms with Gasteiger partial charge in [0.15, 0.2) is 0 Å². The molecule has 2 atom stereocenters. The second-order valence-electron chi connectivity index (χ2n) is 4.98. The molecule has 1 fully saturated rings. The van der Waals surface area contributed by atoms with Crippen molar-refractivity contribution < 1.29 is 21.6 Å². The Bertz CT molecular complexity index is 596. The molecule has 0 spiro atoms. The van der Waals surface area contributed by atoms with Crippen LogP contribution >= 0.6 is 0 Å². The van der Waals surface area contributed by atoms with Crippen LogP contribution in [0, 0.1) is 5.92 Å². The highest BCUT2D eigenvalue weighted by molar-refractivity contribution is 7.89. The smallest absolute Gasteiger partial charge is 0.304 e. The van der Waals surface area contributed by atoms with E-state index in [1.54, 1.807) is 0 Å². The van der Waals surface area contributed by atoms with Gasteiger partial charge in [-0.1, -0.05) is 12.8 Å². The van der Waals surface area contributed by atoms with Crippen molar-refractivity contribution in [3.05, 3.63) is 5.82 Å². The summed E-state index contributed by atoms with van der Waals surface area (Å²) in [6, 6.07) is 0. The lowest BCUT2D eigenvalue weighted by Crippen LogP contribution is -2.33. The zero-order valence-corrected chi connectivity index (χ0v) is 11.6. The van der Waals surface area contributed by atoms with Crippen molar-refractivity contribution in [2.75, 3.05) is 0 Å². The third-order valence-corrected chi connectivity index (χ3v) is 4.51. The lowest BCUT2D eigenvalue weighted by atomic mass is 9.78. The number of rotatable bonds is 2. The van der Waals surface area contributed by atoms with E-state index in [4.69, 9.17) is 5.14 Å². The number of alkyl halides is 3. The summed E-state index contributed by atoms with van der Waals surface area (Å²) in [6.45, 7) is 0. The average Bonchev–Trinajstić information content (AvgIpc) is 2.69. The normalized spacial score (nSPS) is 24.9. The van der Waals surface area contributed by atoms with Crippen LogP contribution in [0.4, 0.5) is 13.2 Å². The minimum Gasteiger partial charge on any atom is -0.304 e. The summed E-state index contributed by atoms with van der Waals surface area (Å²) >= 11 is 0. The van der Waals surface area contributed by atoms with Gasteiger partial charge in [-0.25, -0.2) is 13.6 Å². The summed E-state index contributed by atoms with van der Waals surface area (Å²) in [5.74, 6) is -2.37. The first-order valence-corrected chi connectivity index (χ1v) is 7.66. The van der Waals surface area contributed by atoms with E-state index in [-0.39, 0.29) is 12.2 Å². The Labute approximate surface area is 114 Å². The van der Waals surface area contributed by atoms with Gasteiger partial charge in [-0.3, -0.25) is 0 Å². The van der Waals surface area contributed by atoms with Crippen LogP contribution in [-0.4, -0.2) is 29.4 Å². The number of hydrogen-bond donors (Lipinski definition) is 1. The molecular weight excluding hydrogens is 297 g/mol. The Hall–Kier alpha value is -1.16. The van der Waals surface area contributed by atoms with Crippen LogP contribution in [0.1, 0.15) is 37.4 Å². The van der Waals surface area contributed by atoms with Gasteiger partial charge in [0.2, 0.25) is 0 Å². The molecule has 2 unspecified atom stereocenters. The van der Waals surface area contributed by atoms with Gasteiger partial charge in [0.1, 0.15) is 5.82 Å². The number of sulfonamides is 1. The minimum absolute atomic E-state index is 0.0196. The van der Waals surface area contributed by atoms with E-state index in [1.165, 1.54) is 7.05 Å². The van der Waals surface area contributed by atoms with Crippen molar-refractivity contribution >= 4 is 10.0 Å². The molecule has 0 saturated heterocycles. The van der Waals surface area contributed by atoms with Gasteiger partial charge >= 0.3 is 6.18 Å². The lowest BCUT2D eigenvalue weighted by Gasteiger charge is -2.32. The van der Waals surface area contributed by atoms with Gasteiger partial charge in [-0.2, -0.15) is 13.2 Å². The zero-order chi connectivity index (χ0) is 15.1. The Balaban J connectivity index is 2.42. The molecule has 1 heterocycles. The maximum absolute atomic E-state index is 13.0. The largest absolute Gasteiger partial charge is 0.392 e. The van der Waals surface area contributed by atoms with Crippen LogP contribution in [0.15, 0.2) is 5.16 Å². The highest BCUT2D eigenvalue weighted by Crippen LogP contribution is 2.45. The van der Waals surface area contributed by atoms with Gasteiger partial charge < -0.3 is 4.57 Å². The van der Waals surface area contributed by atoms with Crippen LogP contribution in [0.25, 0.3) is 0 Å². The fourth-order valence-corrected chi connectivity index (χ4v) is 3.36. The monoisotopic (exact) mass is 312 g/mol. The van der Waals surface area contributed by atoms with Crippen LogP contribution in [0.3, 0.4) is 0 Å². The fourth-order valence-electron chi connectivity index (χ4n) is 2.73. The highest BCUT2D eigenvalue weighted by Gasteiger charge is 2.47. The summed E-state index contributed by atoms with van der Waals surface area (Å²) in [5.41, 5.74) is 0. The topological polar surface area (TPSA) is 90.9 Å². The predicted octanol–water partition coefficient (Wildman–Crippen LogP) is 1.30. The van der Waals surface area contributed by atoms with E-state index in [1.807, 2.05) is 0 Å². The Kier molecular flexibility index (Phi) is 3.80. The SMILES string of the molecule is Cn1c(C2CCCCC2C(F)(F)F)nnc1S(N)(=O)=O. The highest BCUT2D eigenvalue weighted by atomic mass is 32.2. The summed E-state index contributed by atoms with van der Waals surface area (Å²) in [6.07, 6.45) is -2.86. The number of aromatic nitrogens is 3. The first kappa shape index (κ1) is 15.2. The Morgan fingerprint density at radius 3 is 2.35 bits per heavy atom. The van der Waals surface area contributed by atoms with Crippen LogP contribution < -0.4 is 5.14 Å². The van der Waals surface area contributed by atoms with Crippen molar-refractivity contribution in [3.63, 3.8) is 0 Å². The molecule has 0 radical (unpaired) electrons. The first-order valence-electron chi connectivity index (χ1n) is 6.11. The molecule has 0 amide bonds. The van der Waals surface area contributed by atoms with Gasteiger partial charge in [-0.05, 0) is 12.8 Å². The molecule has 1 aromatic heterocycles. The minimum atomic E-state index is -4.33. The summed E-state index contributed by atoms with van der Waals surface area (Å²) in [4.78, 5) is 0. The molecule has 114 valence electrons. The van der Waals surface area contributed by atoms with E-state index in [0.717, 1.165) is 4.57 Å². The van der Waals surface area contributed by atoms with Crippen LogP contribution in [-0.2, 0) is 17.1 Å². The fraction of sp³-hybridized carbons (Fsp3) is 0.800. The van der Waals surface area contributed by atoms with Crippen molar-refractivity contribution in [1.82, 2.24) is 14.8 Å². The summed E-state index contributed by atoms with van der Waals surface area (Å²) < 4.78 is 62.7. The molecule has 20 heavy (non-hydrogen) atoms. The molecule has 2 rings (SSSR count). The third-order valence-electron chi connectivity index (χ3n) is 3.64. The van der Waals surface area contributed by atoms with E-state index < -0.39 is 33.2 Å². The predicted molar refractivity (Wildman–Crippen MR) is 63.1 cm³/mol. The van der Waals surface area contributed by atoms with Gasteiger partial charge in [0, 0.05) is 13.0 Å². The number of nitrogens with two attached hydrogens (primary N) is 1. The quantitative estimate of drug-likeness (QED) is 0.891. The molecule has 1 aliphatic carbocycles. The maximum atomic E-state index is 13.0. The second-order valence-corrected chi connectivity index (χ2v) is 6.44.